The van der Waals surface area contributed by atoms with E-state index in [0.717, 1.165) is 5.56 Å². The predicted octanol–water partition coefficient (Wildman–Crippen LogP) is 4.01. The molecule has 2 N–H and O–H groups in total. The second kappa shape index (κ2) is 6.76. The van der Waals surface area contributed by atoms with Crippen LogP contribution in [-0.4, -0.2) is 18.9 Å². The number of nitrogens with one attached hydrogen (secondary N) is 2. The summed E-state index contributed by atoms with van der Waals surface area (Å²) in [5, 5.41) is 6.17. The van der Waals surface area contributed by atoms with Crippen LogP contribution in [0.1, 0.15) is 18.4 Å². The van der Waals surface area contributed by atoms with Gasteiger partial charge in [-0.3, -0.25) is 9.59 Å². The molecule has 25 heavy (non-hydrogen) atoms. The van der Waals surface area contributed by atoms with Gasteiger partial charge in [-0.25, -0.2) is 0 Å². The number of halogens is 1. The standard InChI is InChI=1S/C19H19ClN2O3/c1-12-6-7-13(20)10-16(12)22-18(24)19(8-9-19)17(23)21-14-4-3-5-15(11-14)25-2/h3-7,10-11H,8-9H2,1-2H3,(H,21,23)(H,22,24). The van der Waals surface area contributed by atoms with Crippen molar-refractivity contribution in [2.75, 3.05) is 17.7 Å². The molecule has 0 saturated heterocycles. The van der Waals surface area contributed by atoms with Crippen LogP contribution in [0.15, 0.2) is 42.5 Å². The van der Waals surface area contributed by atoms with E-state index in [2.05, 4.69) is 10.6 Å². The first-order valence-electron chi connectivity index (χ1n) is 7.98. The Kier molecular flexibility index (Phi) is 4.68. The lowest BCUT2D eigenvalue weighted by molar-refractivity contribution is -0.131. The number of methoxy groups -OCH3 is 1. The van der Waals surface area contributed by atoms with E-state index >= 15 is 0 Å². The summed E-state index contributed by atoms with van der Waals surface area (Å²) in [6, 6.07) is 12.3. The quantitative estimate of drug-likeness (QED) is 0.793. The van der Waals surface area contributed by atoms with Crippen LogP contribution < -0.4 is 15.4 Å². The van der Waals surface area contributed by atoms with Crippen molar-refractivity contribution in [3.05, 3.63) is 53.1 Å². The highest BCUT2D eigenvalue weighted by Gasteiger charge is 2.56. The average Bonchev–Trinajstić information content (AvgIpc) is 3.40. The number of amides is 2. The zero-order chi connectivity index (χ0) is 18.0. The third kappa shape index (κ3) is 3.61. The van der Waals surface area contributed by atoms with E-state index in [1.807, 2.05) is 13.0 Å². The Bertz CT molecular complexity index is 831. The van der Waals surface area contributed by atoms with Gasteiger partial charge in [0.15, 0.2) is 0 Å². The lowest BCUT2D eigenvalue weighted by Crippen LogP contribution is -2.35. The summed E-state index contributed by atoms with van der Waals surface area (Å²) in [6.07, 6.45) is 1.04. The third-order valence-corrected chi connectivity index (χ3v) is 4.63. The molecule has 0 aromatic heterocycles. The Hall–Kier alpha value is -2.53. The molecule has 1 aliphatic carbocycles. The molecule has 6 heteroatoms. The van der Waals surface area contributed by atoms with E-state index in [-0.39, 0.29) is 11.8 Å². The van der Waals surface area contributed by atoms with Gasteiger partial charge in [-0.15, -0.1) is 0 Å². The summed E-state index contributed by atoms with van der Waals surface area (Å²) in [7, 11) is 1.56. The minimum Gasteiger partial charge on any atom is -0.497 e. The zero-order valence-electron chi connectivity index (χ0n) is 14.1. The van der Waals surface area contributed by atoms with Gasteiger partial charge in [0.25, 0.3) is 0 Å². The number of ether oxygens (including phenoxy) is 1. The summed E-state index contributed by atoms with van der Waals surface area (Å²) in [5.41, 5.74) is 1.08. The van der Waals surface area contributed by atoms with Crippen molar-refractivity contribution in [1.29, 1.82) is 0 Å². The third-order valence-electron chi connectivity index (χ3n) is 4.39. The van der Waals surface area contributed by atoms with Crippen molar-refractivity contribution in [1.82, 2.24) is 0 Å². The number of benzene rings is 2. The van der Waals surface area contributed by atoms with E-state index in [4.69, 9.17) is 16.3 Å². The van der Waals surface area contributed by atoms with E-state index in [1.54, 1.807) is 43.5 Å². The average molecular weight is 359 g/mol. The van der Waals surface area contributed by atoms with Crippen LogP contribution in [0.5, 0.6) is 5.75 Å². The molecular weight excluding hydrogens is 340 g/mol. The van der Waals surface area contributed by atoms with Crippen LogP contribution in [-0.2, 0) is 9.59 Å². The molecule has 2 amide bonds. The molecule has 2 aromatic carbocycles. The first-order chi connectivity index (χ1) is 11.9. The highest BCUT2D eigenvalue weighted by atomic mass is 35.5. The minimum absolute atomic E-state index is 0.307. The van der Waals surface area contributed by atoms with Gasteiger partial charge in [0.2, 0.25) is 11.8 Å². The first-order valence-corrected chi connectivity index (χ1v) is 8.35. The van der Waals surface area contributed by atoms with Crippen LogP contribution in [0.25, 0.3) is 0 Å². The fraction of sp³-hybridized carbons (Fsp3) is 0.263. The Morgan fingerprint density at radius 2 is 1.80 bits per heavy atom. The van der Waals surface area contributed by atoms with Crippen molar-refractivity contribution < 1.29 is 14.3 Å². The summed E-state index contributed by atoms with van der Waals surface area (Å²) in [5.74, 6) is 0.0258. The van der Waals surface area contributed by atoms with Gasteiger partial charge in [0, 0.05) is 22.5 Å². The second-order valence-corrected chi connectivity index (χ2v) is 6.62. The van der Waals surface area contributed by atoms with Crippen molar-refractivity contribution in [2.24, 2.45) is 5.41 Å². The Morgan fingerprint density at radius 3 is 2.48 bits per heavy atom. The molecule has 1 fully saturated rings. The van der Waals surface area contributed by atoms with Crippen molar-refractivity contribution in [2.45, 2.75) is 19.8 Å². The van der Waals surface area contributed by atoms with E-state index < -0.39 is 5.41 Å². The van der Waals surface area contributed by atoms with Crippen molar-refractivity contribution in [3.8, 4) is 5.75 Å². The summed E-state index contributed by atoms with van der Waals surface area (Å²) < 4.78 is 5.15. The van der Waals surface area contributed by atoms with E-state index in [0.29, 0.717) is 35.0 Å². The first kappa shape index (κ1) is 17.3. The van der Waals surface area contributed by atoms with Crippen LogP contribution in [0.3, 0.4) is 0 Å². The number of rotatable bonds is 5. The molecule has 0 radical (unpaired) electrons. The van der Waals surface area contributed by atoms with E-state index in [9.17, 15) is 9.59 Å². The highest BCUT2D eigenvalue weighted by molar-refractivity contribution is 6.31. The second-order valence-electron chi connectivity index (χ2n) is 6.18. The van der Waals surface area contributed by atoms with Crippen LogP contribution in [0, 0.1) is 12.3 Å². The number of anilines is 2. The molecule has 3 rings (SSSR count). The van der Waals surface area contributed by atoms with Crippen molar-refractivity contribution in [3.63, 3.8) is 0 Å². The lowest BCUT2D eigenvalue weighted by atomic mass is 10.0. The molecule has 0 unspecified atom stereocenters. The molecule has 1 saturated carbocycles. The number of carbonyl (C=O) groups is 2. The summed E-state index contributed by atoms with van der Waals surface area (Å²) in [6.45, 7) is 1.88. The molecule has 0 spiro atoms. The minimum atomic E-state index is -1.03. The zero-order valence-corrected chi connectivity index (χ0v) is 14.8. The largest absolute Gasteiger partial charge is 0.497 e. The predicted molar refractivity (Wildman–Crippen MR) is 98.1 cm³/mol. The van der Waals surface area contributed by atoms with Gasteiger partial charge in [-0.2, -0.15) is 0 Å². The van der Waals surface area contributed by atoms with E-state index in [1.165, 1.54) is 0 Å². The molecule has 0 atom stereocenters. The number of carbonyl (C=O) groups excluding carboxylic acids is 2. The summed E-state index contributed by atoms with van der Waals surface area (Å²) >= 11 is 5.99. The molecule has 1 aliphatic rings. The highest BCUT2D eigenvalue weighted by Crippen LogP contribution is 2.47. The maximum atomic E-state index is 12.7. The fourth-order valence-corrected chi connectivity index (χ4v) is 2.78. The van der Waals surface area contributed by atoms with Gasteiger partial charge in [-0.1, -0.05) is 23.7 Å². The number of hydrogen-bond donors (Lipinski definition) is 2. The van der Waals surface area contributed by atoms with Crippen LogP contribution in [0.2, 0.25) is 5.02 Å². The number of aryl methyl sites for hydroxylation is 1. The molecular formula is C19H19ClN2O3. The molecule has 0 bridgehead atoms. The van der Waals surface area contributed by atoms with Gasteiger partial charge < -0.3 is 15.4 Å². The smallest absolute Gasteiger partial charge is 0.240 e. The van der Waals surface area contributed by atoms with Crippen LogP contribution in [0.4, 0.5) is 11.4 Å². The number of hydrogen-bond acceptors (Lipinski definition) is 3. The maximum Gasteiger partial charge on any atom is 0.240 e. The lowest BCUT2D eigenvalue weighted by Gasteiger charge is -2.17. The van der Waals surface area contributed by atoms with Crippen LogP contribution >= 0.6 is 11.6 Å². The van der Waals surface area contributed by atoms with Gasteiger partial charge in [0.1, 0.15) is 11.2 Å². The summed E-state index contributed by atoms with van der Waals surface area (Å²) in [4.78, 5) is 25.3. The molecule has 130 valence electrons. The Balaban J connectivity index is 1.73. The monoisotopic (exact) mass is 358 g/mol. The molecule has 0 aliphatic heterocycles. The fourth-order valence-electron chi connectivity index (χ4n) is 2.60. The maximum absolute atomic E-state index is 12.7. The van der Waals surface area contributed by atoms with Gasteiger partial charge in [0.05, 0.1) is 7.11 Å². The molecule has 5 nitrogen and oxygen atoms in total. The molecule has 2 aromatic rings. The van der Waals surface area contributed by atoms with Gasteiger partial charge in [-0.05, 0) is 49.6 Å². The Morgan fingerprint density at radius 1 is 1.08 bits per heavy atom. The van der Waals surface area contributed by atoms with Crippen molar-refractivity contribution >= 4 is 34.8 Å². The normalized spacial score (nSPS) is 14.5. The van der Waals surface area contributed by atoms with Gasteiger partial charge >= 0.3 is 0 Å². The molecule has 0 heterocycles. The SMILES string of the molecule is COc1cccc(NC(=O)C2(C(=O)Nc3cc(Cl)ccc3C)CC2)c1. The Labute approximate surface area is 151 Å². The topological polar surface area (TPSA) is 67.4 Å².